The third-order valence-corrected chi connectivity index (χ3v) is 12.2. The molecule has 1 N–H and O–H groups in total. The Bertz CT molecular complexity index is 913. The molecule has 0 radical (unpaired) electrons. The third-order valence-electron chi connectivity index (χ3n) is 12.2. The molecule has 35 heavy (non-hydrogen) atoms. The van der Waals surface area contributed by atoms with Crippen LogP contribution in [0, 0.1) is 40.4 Å². The molecule has 0 spiro atoms. The first-order chi connectivity index (χ1) is 16.5. The molecule has 0 aromatic heterocycles. The number of nitrogens with zero attached hydrogens (tertiary/aromatic N) is 2. The number of benzene rings is 1. The molecule has 3 heteroatoms. The van der Waals surface area contributed by atoms with E-state index in [0.29, 0.717) is 22.8 Å². The molecule has 0 bridgehead atoms. The van der Waals surface area contributed by atoms with Gasteiger partial charge in [-0.2, -0.15) is 0 Å². The van der Waals surface area contributed by atoms with Crippen molar-refractivity contribution in [3.8, 4) is 0 Å². The first-order valence-electron chi connectivity index (χ1n) is 14.6. The van der Waals surface area contributed by atoms with Crippen LogP contribution in [0.5, 0.6) is 0 Å². The average Bonchev–Trinajstić information content (AvgIpc) is 3.16. The summed E-state index contributed by atoms with van der Waals surface area (Å²) < 4.78 is 0. The molecule has 0 aliphatic heterocycles. The lowest BCUT2D eigenvalue weighted by atomic mass is 9.43. The second-order valence-corrected chi connectivity index (χ2v) is 14.2. The molecule has 4 fully saturated rings. The second kappa shape index (κ2) is 9.14. The normalized spacial score (nSPS) is 44.1. The summed E-state index contributed by atoms with van der Waals surface area (Å²) in [6.45, 7) is 8.68. The molecule has 1 aromatic rings. The Labute approximate surface area is 215 Å². The summed E-state index contributed by atoms with van der Waals surface area (Å²) in [4.78, 5) is 4.70. The Morgan fingerprint density at radius 2 is 1.60 bits per heavy atom. The summed E-state index contributed by atoms with van der Waals surface area (Å²) in [5.74, 6) is 4.17. The van der Waals surface area contributed by atoms with Crippen molar-refractivity contribution in [3.63, 3.8) is 0 Å². The van der Waals surface area contributed by atoms with Crippen LogP contribution in [0.1, 0.15) is 89.7 Å². The van der Waals surface area contributed by atoms with Crippen molar-refractivity contribution in [3.05, 3.63) is 35.4 Å². The van der Waals surface area contributed by atoms with E-state index in [2.05, 4.69) is 83.0 Å². The monoisotopic (exact) mass is 480 g/mol. The fourth-order valence-corrected chi connectivity index (χ4v) is 10.1. The van der Waals surface area contributed by atoms with E-state index in [0.717, 1.165) is 43.1 Å². The van der Waals surface area contributed by atoms with Gasteiger partial charge in [0.1, 0.15) is 0 Å². The smallest absolute Gasteiger partial charge is 0.0902 e. The molecule has 196 valence electrons. The first-order valence-corrected chi connectivity index (χ1v) is 14.6. The van der Waals surface area contributed by atoms with Crippen LogP contribution in [0.3, 0.4) is 0 Å². The predicted molar refractivity (Wildman–Crippen MR) is 146 cm³/mol. The van der Waals surface area contributed by atoms with Crippen LogP contribution in [-0.2, 0) is 12.1 Å². The molecular weight excluding hydrogens is 428 g/mol. The lowest BCUT2D eigenvalue weighted by Gasteiger charge is -2.62. The van der Waals surface area contributed by atoms with Crippen LogP contribution >= 0.6 is 0 Å². The maximum absolute atomic E-state index is 12.1. The van der Waals surface area contributed by atoms with Gasteiger partial charge >= 0.3 is 0 Å². The minimum atomic E-state index is -0.660. The van der Waals surface area contributed by atoms with Gasteiger partial charge in [-0.25, -0.2) is 0 Å². The van der Waals surface area contributed by atoms with Gasteiger partial charge in [-0.15, -0.1) is 0 Å². The number of hydrogen-bond acceptors (Lipinski definition) is 3. The lowest BCUT2D eigenvalue weighted by Crippen LogP contribution is -2.56. The van der Waals surface area contributed by atoms with Crippen molar-refractivity contribution in [1.82, 2.24) is 9.80 Å². The van der Waals surface area contributed by atoms with Gasteiger partial charge in [-0.1, -0.05) is 38.1 Å². The molecule has 2 unspecified atom stereocenters. The quantitative estimate of drug-likeness (QED) is 0.518. The number of fused-ring (bicyclic) bond motifs is 5. The minimum absolute atomic E-state index is 0.401. The van der Waals surface area contributed by atoms with Crippen molar-refractivity contribution >= 4 is 0 Å². The van der Waals surface area contributed by atoms with E-state index in [-0.39, 0.29) is 0 Å². The van der Waals surface area contributed by atoms with Crippen LogP contribution in [0.2, 0.25) is 0 Å². The first kappa shape index (κ1) is 25.7. The van der Waals surface area contributed by atoms with Crippen molar-refractivity contribution < 1.29 is 5.11 Å². The van der Waals surface area contributed by atoms with Gasteiger partial charge in [0.15, 0.2) is 0 Å². The molecular formula is C32H52N2O. The second-order valence-electron chi connectivity index (χ2n) is 14.2. The Morgan fingerprint density at radius 1 is 0.886 bits per heavy atom. The fraction of sp³-hybridized carbons (Fsp3) is 0.812. The number of rotatable bonds is 5. The highest BCUT2D eigenvalue weighted by atomic mass is 16.3. The molecule has 3 nitrogen and oxygen atoms in total. The van der Waals surface area contributed by atoms with Crippen molar-refractivity contribution in [2.75, 3.05) is 28.2 Å². The zero-order chi connectivity index (χ0) is 25.2. The van der Waals surface area contributed by atoms with Crippen molar-refractivity contribution in [2.24, 2.45) is 40.4 Å². The van der Waals surface area contributed by atoms with Gasteiger partial charge in [0.25, 0.3) is 0 Å². The largest absolute Gasteiger partial charge is 0.385 e. The SMILES string of the molecule is CC(C1CC[C@H]2[C@@H]3CC[C@H]4C[C@@](O)(c5ccccc5CN(C)C)CC[C@]4(C)[C@H]3CC[C@]12C)N(C)C. The zero-order valence-corrected chi connectivity index (χ0v) is 23.7. The van der Waals surface area contributed by atoms with Gasteiger partial charge in [-0.05, 0) is 144 Å². The summed E-state index contributed by atoms with van der Waals surface area (Å²) in [5, 5.41) is 12.1. The summed E-state index contributed by atoms with van der Waals surface area (Å²) in [6, 6.07) is 9.38. The van der Waals surface area contributed by atoms with E-state index >= 15 is 0 Å². The number of aliphatic hydroxyl groups is 1. The van der Waals surface area contributed by atoms with Gasteiger partial charge < -0.3 is 14.9 Å². The Balaban J connectivity index is 1.37. The summed E-state index contributed by atoms with van der Waals surface area (Å²) in [5.41, 5.74) is 2.77. The Morgan fingerprint density at radius 3 is 2.31 bits per heavy atom. The van der Waals surface area contributed by atoms with Crippen LogP contribution in [0.15, 0.2) is 24.3 Å². The number of hydrogen-bond donors (Lipinski definition) is 1. The van der Waals surface area contributed by atoms with E-state index < -0.39 is 5.60 Å². The maximum Gasteiger partial charge on any atom is 0.0902 e. The van der Waals surface area contributed by atoms with E-state index in [4.69, 9.17) is 0 Å². The van der Waals surface area contributed by atoms with Gasteiger partial charge in [0, 0.05) is 12.6 Å². The van der Waals surface area contributed by atoms with Crippen molar-refractivity contribution in [1.29, 1.82) is 0 Å². The predicted octanol–water partition coefficient (Wildman–Crippen LogP) is 6.54. The fourth-order valence-electron chi connectivity index (χ4n) is 10.1. The Kier molecular flexibility index (Phi) is 6.72. The zero-order valence-electron chi connectivity index (χ0n) is 23.7. The Hall–Kier alpha value is -0.900. The van der Waals surface area contributed by atoms with Crippen LogP contribution in [0.4, 0.5) is 0 Å². The van der Waals surface area contributed by atoms with E-state index in [1.165, 1.54) is 56.1 Å². The van der Waals surface area contributed by atoms with Gasteiger partial charge in [-0.3, -0.25) is 0 Å². The van der Waals surface area contributed by atoms with E-state index in [1.807, 2.05) is 0 Å². The molecule has 4 aliphatic rings. The highest BCUT2D eigenvalue weighted by Crippen LogP contribution is 2.69. The molecule has 4 aliphatic carbocycles. The molecule has 4 saturated carbocycles. The van der Waals surface area contributed by atoms with E-state index in [1.54, 1.807) is 0 Å². The topological polar surface area (TPSA) is 26.7 Å². The molecule has 0 saturated heterocycles. The van der Waals surface area contributed by atoms with Crippen molar-refractivity contribution in [2.45, 2.75) is 96.7 Å². The van der Waals surface area contributed by atoms with Crippen LogP contribution in [-0.4, -0.2) is 49.1 Å². The molecule has 5 rings (SSSR count). The maximum atomic E-state index is 12.1. The third kappa shape index (κ3) is 4.12. The van der Waals surface area contributed by atoms with Gasteiger partial charge in [0.05, 0.1) is 5.60 Å². The molecule has 0 amide bonds. The molecule has 0 heterocycles. The molecule has 1 aromatic carbocycles. The summed E-state index contributed by atoms with van der Waals surface area (Å²) in [6.07, 6.45) is 11.5. The molecule has 9 atom stereocenters. The van der Waals surface area contributed by atoms with Crippen LogP contribution in [0.25, 0.3) is 0 Å². The summed E-state index contributed by atoms with van der Waals surface area (Å²) >= 11 is 0. The van der Waals surface area contributed by atoms with Crippen LogP contribution < -0.4 is 0 Å². The standard InChI is InChI=1S/C32H52N2O/c1-22(34(6)7)26-14-15-28-25-13-12-24-20-32(35,27-11-9-8-10-23(27)21-33(4)5)19-18-30(24,2)29(25)16-17-31(26,28)3/h8-11,22,24-26,28-29,35H,12-21H2,1-7H3/t22?,24-,25-,26?,28-,29-,30-,31+,32+/m0/s1. The minimum Gasteiger partial charge on any atom is -0.385 e. The average molecular weight is 481 g/mol. The van der Waals surface area contributed by atoms with E-state index in [9.17, 15) is 5.11 Å². The summed E-state index contributed by atoms with van der Waals surface area (Å²) in [7, 11) is 8.81. The van der Waals surface area contributed by atoms with Gasteiger partial charge in [0.2, 0.25) is 0 Å². The lowest BCUT2D eigenvalue weighted by molar-refractivity contribution is -0.155. The highest BCUT2D eigenvalue weighted by molar-refractivity contribution is 5.33. The highest BCUT2D eigenvalue weighted by Gasteiger charge is 2.62.